The van der Waals surface area contributed by atoms with Crippen LogP contribution in [0, 0.1) is 0 Å². The first kappa shape index (κ1) is 21.4. The van der Waals surface area contributed by atoms with Crippen LogP contribution in [0.5, 0.6) is 0 Å². The molecule has 160 valence electrons. The summed E-state index contributed by atoms with van der Waals surface area (Å²) in [4.78, 5) is 12.6. The molecule has 0 bridgehead atoms. The highest BCUT2D eigenvalue weighted by Gasteiger charge is 2.44. The van der Waals surface area contributed by atoms with Gasteiger partial charge < -0.3 is 25.2 Å². The average molecular weight is 501 g/mol. The van der Waals surface area contributed by atoms with Gasteiger partial charge in [-0.05, 0) is 51.3 Å². The highest BCUT2D eigenvalue weighted by molar-refractivity contribution is 9.10. The molecule has 0 amide bonds. The first-order valence-electron chi connectivity index (χ1n) is 9.13. The predicted molar refractivity (Wildman–Crippen MR) is 110 cm³/mol. The van der Waals surface area contributed by atoms with Crippen LogP contribution in [0.25, 0.3) is 5.65 Å². The molecule has 30 heavy (non-hydrogen) atoms. The van der Waals surface area contributed by atoms with E-state index >= 15 is 0 Å². The molecule has 1 aliphatic rings. The molecule has 3 aromatic rings. The zero-order valence-electron chi connectivity index (χ0n) is 15.5. The second-order valence-electron chi connectivity index (χ2n) is 7.12. The summed E-state index contributed by atoms with van der Waals surface area (Å²) in [6.45, 7) is -0.448. The van der Waals surface area contributed by atoms with Crippen LogP contribution in [0.3, 0.4) is 0 Å². The van der Waals surface area contributed by atoms with E-state index in [2.05, 4.69) is 21.0 Å². The van der Waals surface area contributed by atoms with Crippen LogP contribution in [0.15, 0.2) is 45.8 Å². The van der Waals surface area contributed by atoms with Crippen LogP contribution in [-0.2, 0) is 11.3 Å². The molecule has 1 aromatic carbocycles. The third kappa shape index (κ3) is 3.80. The van der Waals surface area contributed by atoms with Gasteiger partial charge in [-0.3, -0.25) is 0 Å². The van der Waals surface area contributed by atoms with Gasteiger partial charge in [0.2, 0.25) is 0 Å². The molecule has 4 N–H and O–H groups in total. The predicted octanol–water partition coefficient (Wildman–Crippen LogP) is 0.475. The second kappa shape index (κ2) is 8.39. The lowest BCUT2D eigenvalue weighted by atomic mass is 9.90. The number of ether oxygens (including phenoxy) is 1. The van der Waals surface area contributed by atoms with Gasteiger partial charge in [-0.2, -0.15) is 0 Å². The molecule has 0 aliphatic carbocycles. The number of pyridine rings is 1. The summed E-state index contributed by atoms with van der Waals surface area (Å²) in [5.74, 6) is 0. The summed E-state index contributed by atoms with van der Waals surface area (Å²) >= 11 is 9.64. The molecular weight excluding hydrogens is 482 g/mol. The Bertz CT molecular complexity index is 1130. The number of aromatic nitrogens is 3. The van der Waals surface area contributed by atoms with Crippen molar-refractivity contribution in [1.29, 1.82) is 0 Å². The van der Waals surface area contributed by atoms with E-state index < -0.39 is 37.1 Å². The SMILES string of the molecule is O=c1n(Cc2cc([C@@H]3O[C@H](CO)[C@@H](O)[C@H](O)[C@@H]3O)ccc2Cl)nc2ccc(Br)cn12. The molecule has 9 nitrogen and oxygen atoms in total. The number of hydrogen-bond donors (Lipinski definition) is 4. The molecular formula is C19H19BrClN3O6. The second-order valence-corrected chi connectivity index (χ2v) is 8.44. The highest BCUT2D eigenvalue weighted by Crippen LogP contribution is 2.34. The topological polar surface area (TPSA) is 129 Å². The maximum atomic E-state index is 12.6. The lowest BCUT2D eigenvalue weighted by Crippen LogP contribution is -2.55. The van der Waals surface area contributed by atoms with Crippen LogP contribution in [0.1, 0.15) is 17.2 Å². The lowest BCUT2D eigenvalue weighted by molar-refractivity contribution is -0.231. The standard InChI is InChI=1S/C19H19BrClN3O6/c20-11-2-4-14-22-24(19(29)23(14)7-11)6-10-5-9(1-3-12(10)21)18-17(28)16(27)15(26)13(8-25)30-18/h1-5,7,13,15-18,25-28H,6,8H2/t13-,15-,16+,17+,18+/m1/s1. The molecule has 2 aromatic heterocycles. The molecule has 5 atom stereocenters. The van der Waals surface area contributed by atoms with Gasteiger partial charge >= 0.3 is 5.69 Å². The zero-order chi connectivity index (χ0) is 21.6. The number of aliphatic hydroxyl groups is 4. The highest BCUT2D eigenvalue weighted by atomic mass is 79.9. The first-order chi connectivity index (χ1) is 14.3. The minimum absolute atomic E-state index is 0.0717. The molecule has 3 heterocycles. The van der Waals surface area contributed by atoms with Crippen LogP contribution < -0.4 is 5.69 Å². The van der Waals surface area contributed by atoms with Crippen molar-refractivity contribution in [3.8, 4) is 0 Å². The Hall–Kier alpha value is -1.79. The third-order valence-corrected chi connectivity index (χ3v) is 5.99. The molecule has 4 rings (SSSR count). The quantitative estimate of drug-likeness (QED) is 0.410. The van der Waals surface area contributed by atoms with Gasteiger partial charge in [-0.15, -0.1) is 5.10 Å². The number of rotatable bonds is 4. The molecule has 0 unspecified atom stereocenters. The number of hydrogen-bond acceptors (Lipinski definition) is 7. The maximum absolute atomic E-state index is 12.6. The molecule has 1 fully saturated rings. The van der Waals surface area contributed by atoms with Gasteiger partial charge in [0.05, 0.1) is 13.2 Å². The minimum Gasteiger partial charge on any atom is -0.394 e. The number of benzene rings is 1. The molecule has 1 aliphatic heterocycles. The van der Waals surface area contributed by atoms with E-state index in [1.807, 2.05) is 0 Å². The van der Waals surface area contributed by atoms with E-state index in [1.54, 1.807) is 36.5 Å². The summed E-state index contributed by atoms with van der Waals surface area (Å²) < 4.78 is 9.00. The first-order valence-corrected chi connectivity index (χ1v) is 10.3. The Labute approximate surface area is 183 Å². The fraction of sp³-hybridized carbons (Fsp3) is 0.368. The molecule has 0 saturated carbocycles. The maximum Gasteiger partial charge on any atom is 0.350 e. The number of nitrogens with zero attached hydrogens (tertiary/aromatic N) is 3. The molecule has 0 radical (unpaired) electrons. The summed E-state index contributed by atoms with van der Waals surface area (Å²) in [5, 5.41) is 44.5. The van der Waals surface area contributed by atoms with Gasteiger partial charge in [-0.25, -0.2) is 13.9 Å². The van der Waals surface area contributed by atoms with Crippen LogP contribution in [0.4, 0.5) is 0 Å². The van der Waals surface area contributed by atoms with E-state index in [1.165, 1.54) is 9.08 Å². The van der Waals surface area contributed by atoms with Crippen LogP contribution >= 0.6 is 27.5 Å². The summed E-state index contributed by atoms with van der Waals surface area (Å²) in [7, 11) is 0. The van der Waals surface area contributed by atoms with Gasteiger partial charge in [-0.1, -0.05) is 17.7 Å². The van der Waals surface area contributed by atoms with Crippen molar-refractivity contribution in [2.45, 2.75) is 37.1 Å². The van der Waals surface area contributed by atoms with E-state index in [9.17, 15) is 25.2 Å². The lowest BCUT2D eigenvalue weighted by Gasteiger charge is -2.40. The summed E-state index contributed by atoms with van der Waals surface area (Å²) in [6.07, 6.45) is -4.74. The van der Waals surface area contributed by atoms with Crippen molar-refractivity contribution in [2.75, 3.05) is 6.61 Å². The third-order valence-electron chi connectivity index (χ3n) is 5.15. The van der Waals surface area contributed by atoms with Crippen molar-refractivity contribution in [3.63, 3.8) is 0 Å². The molecule has 0 spiro atoms. The van der Waals surface area contributed by atoms with Crippen LogP contribution in [0.2, 0.25) is 5.02 Å². The monoisotopic (exact) mass is 499 g/mol. The Morgan fingerprint density at radius 2 is 1.90 bits per heavy atom. The molecule has 1 saturated heterocycles. The normalized spacial score (nSPS) is 26.9. The minimum atomic E-state index is -1.49. The fourth-order valence-corrected chi connectivity index (χ4v) is 4.04. The smallest absolute Gasteiger partial charge is 0.350 e. The van der Waals surface area contributed by atoms with Crippen LogP contribution in [-0.4, -0.2) is 65.6 Å². The van der Waals surface area contributed by atoms with Crippen molar-refractivity contribution in [3.05, 3.63) is 67.6 Å². The van der Waals surface area contributed by atoms with E-state index in [-0.39, 0.29) is 12.2 Å². The molecule has 11 heteroatoms. The summed E-state index contributed by atoms with van der Waals surface area (Å²) in [6, 6.07) is 8.32. The Kier molecular flexibility index (Phi) is 5.99. The number of halogens is 2. The fourth-order valence-electron chi connectivity index (χ4n) is 3.53. The van der Waals surface area contributed by atoms with E-state index in [0.717, 1.165) is 4.47 Å². The number of aliphatic hydroxyl groups excluding tert-OH is 4. The Balaban J connectivity index is 1.67. The Morgan fingerprint density at radius 1 is 1.13 bits per heavy atom. The van der Waals surface area contributed by atoms with Gasteiger partial charge in [0.25, 0.3) is 0 Å². The van der Waals surface area contributed by atoms with E-state index in [4.69, 9.17) is 16.3 Å². The largest absolute Gasteiger partial charge is 0.394 e. The van der Waals surface area contributed by atoms with Crippen molar-refractivity contribution in [1.82, 2.24) is 14.2 Å². The van der Waals surface area contributed by atoms with Gasteiger partial charge in [0.15, 0.2) is 5.65 Å². The van der Waals surface area contributed by atoms with Crippen molar-refractivity contribution < 1.29 is 25.2 Å². The van der Waals surface area contributed by atoms with Crippen molar-refractivity contribution in [2.24, 2.45) is 0 Å². The zero-order valence-corrected chi connectivity index (χ0v) is 17.8. The van der Waals surface area contributed by atoms with E-state index in [0.29, 0.717) is 21.8 Å². The number of fused-ring (bicyclic) bond motifs is 1. The Morgan fingerprint density at radius 3 is 2.63 bits per heavy atom. The summed E-state index contributed by atoms with van der Waals surface area (Å²) in [5.41, 5.74) is 1.16. The van der Waals surface area contributed by atoms with Gasteiger partial charge in [0, 0.05) is 15.7 Å². The van der Waals surface area contributed by atoms with Gasteiger partial charge in [0.1, 0.15) is 30.5 Å². The van der Waals surface area contributed by atoms with Crippen molar-refractivity contribution >= 4 is 33.2 Å². The average Bonchev–Trinajstić information content (AvgIpc) is 3.03.